The van der Waals surface area contributed by atoms with Crippen LogP contribution in [0.25, 0.3) is 22.0 Å². The number of aromatic nitrogens is 2. The SMILES string of the molecule is CN(c1c(C(N)=O)nnc2cc(-c3ccc(S(C)(=O)=O)cc3)ccc12)C1CCNCC1. The third-order valence-electron chi connectivity index (χ3n) is 5.79. The van der Waals surface area contributed by atoms with Crippen LogP contribution in [0.3, 0.4) is 0 Å². The van der Waals surface area contributed by atoms with E-state index in [1.165, 1.54) is 6.26 Å². The van der Waals surface area contributed by atoms with Crippen LogP contribution in [0.15, 0.2) is 47.4 Å². The summed E-state index contributed by atoms with van der Waals surface area (Å²) in [4.78, 5) is 14.5. The van der Waals surface area contributed by atoms with Gasteiger partial charge >= 0.3 is 0 Å². The molecule has 3 N–H and O–H groups in total. The van der Waals surface area contributed by atoms with Gasteiger partial charge in [-0.3, -0.25) is 4.79 Å². The molecule has 8 nitrogen and oxygen atoms in total. The molecule has 0 unspecified atom stereocenters. The average molecular weight is 440 g/mol. The lowest BCUT2D eigenvalue weighted by Gasteiger charge is -2.34. The average Bonchev–Trinajstić information content (AvgIpc) is 2.77. The number of hydrogen-bond donors (Lipinski definition) is 2. The van der Waals surface area contributed by atoms with Crippen LogP contribution in [0, 0.1) is 0 Å². The molecule has 3 aromatic rings. The summed E-state index contributed by atoms with van der Waals surface area (Å²) >= 11 is 0. The van der Waals surface area contributed by atoms with Crippen LogP contribution in [0.2, 0.25) is 0 Å². The zero-order chi connectivity index (χ0) is 22.2. The Bertz CT molecular complexity index is 1240. The fraction of sp³-hybridized carbons (Fsp3) is 0.318. The lowest BCUT2D eigenvalue weighted by Crippen LogP contribution is -2.42. The molecule has 0 saturated carbocycles. The maximum atomic E-state index is 12.1. The van der Waals surface area contributed by atoms with Crippen molar-refractivity contribution >= 4 is 32.3 Å². The van der Waals surface area contributed by atoms with Crippen molar-refractivity contribution in [1.82, 2.24) is 15.5 Å². The van der Waals surface area contributed by atoms with E-state index in [1.54, 1.807) is 24.3 Å². The Morgan fingerprint density at radius 3 is 2.32 bits per heavy atom. The molecular formula is C22H25N5O3S. The number of piperidine rings is 1. The van der Waals surface area contributed by atoms with Crippen molar-refractivity contribution in [3.05, 3.63) is 48.2 Å². The molecule has 1 aliphatic heterocycles. The first-order valence-electron chi connectivity index (χ1n) is 10.1. The van der Waals surface area contributed by atoms with Crippen LogP contribution in [-0.4, -0.2) is 57.0 Å². The highest BCUT2D eigenvalue weighted by atomic mass is 32.2. The Kier molecular flexibility index (Phi) is 5.63. The Balaban J connectivity index is 1.79. The fourth-order valence-electron chi connectivity index (χ4n) is 4.07. The number of carbonyl (C=O) groups excluding carboxylic acids is 1. The summed E-state index contributed by atoms with van der Waals surface area (Å²) in [6, 6.07) is 12.7. The number of nitrogens with zero attached hydrogens (tertiary/aromatic N) is 3. The van der Waals surface area contributed by atoms with Crippen LogP contribution in [-0.2, 0) is 9.84 Å². The predicted molar refractivity (Wildman–Crippen MR) is 121 cm³/mol. The molecule has 1 saturated heterocycles. The molecule has 9 heteroatoms. The standard InChI is InChI=1S/C22H25N5O3S/c1-27(16-9-11-24-12-10-16)21-18-8-5-15(13-19(18)25-26-20(21)22(23)28)14-3-6-17(7-4-14)31(2,29)30/h3-8,13,16,24H,9-12H2,1-2H3,(H2,23,28). The molecule has 2 aromatic carbocycles. The molecule has 4 rings (SSSR count). The minimum atomic E-state index is -3.25. The van der Waals surface area contributed by atoms with Gasteiger partial charge in [-0.05, 0) is 61.3 Å². The molecule has 1 aromatic heterocycles. The molecule has 0 aliphatic carbocycles. The van der Waals surface area contributed by atoms with Gasteiger partial charge in [0, 0.05) is 24.7 Å². The minimum Gasteiger partial charge on any atom is -0.369 e. The third kappa shape index (κ3) is 4.24. The molecule has 162 valence electrons. The number of fused-ring (bicyclic) bond motifs is 1. The van der Waals surface area contributed by atoms with Gasteiger partial charge in [-0.1, -0.05) is 18.2 Å². The van der Waals surface area contributed by atoms with Gasteiger partial charge in [-0.25, -0.2) is 8.42 Å². The summed E-state index contributed by atoms with van der Waals surface area (Å²) in [6.45, 7) is 1.84. The van der Waals surface area contributed by atoms with Gasteiger partial charge in [0.25, 0.3) is 5.91 Å². The maximum absolute atomic E-state index is 12.1. The predicted octanol–water partition coefficient (Wildman–Crippen LogP) is 1.99. The number of anilines is 1. The molecule has 0 bridgehead atoms. The Morgan fingerprint density at radius 2 is 1.71 bits per heavy atom. The summed E-state index contributed by atoms with van der Waals surface area (Å²) in [5.74, 6) is -0.606. The molecule has 0 spiro atoms. The maximum Gasteiger partial charge on any atom is 0.271 e. The van der Waals surface area contributed by atoms with Gasteiger partial charge in [-0.2, -0.15) is 0 Å². The minimum absolute atomic E-state index is 0.166. The summed E-state index contributed by atoms with van der Waals surface area (Å²) < 4.78 is 23.4. The first-order valence-corrected chi connectivity index (χ1v) is 12.0. The van der Waals surface area contributed by atoms with E-state index in [2.05, 4.69) is 20.4 Å². The first-order chi connectivity index (χ1) is 14.8. The van der Waals surface area contributed by atoms with Gasteiger partial charge < -0.3 is 16.0 Å². The van der Waals surface area contributed by atoms with Gasteiger partial charge in [0.05, 0.1) is 16.1 Å². The Hall–Kier alpha value is -3.04. The van der Waals surface area contributed by atoms with Crippen molar-refractivity contribution in [2.45, 2.75) is 23.8 Å². The molecular weight excluding hydrogens is 414 g/mol. The van der Waals surface area contributed by atoms with E-state index in [1.807, 2.05) is 25.2 Å². The lowest BCUT2D eigenvalue weighted by atomic mass is 10.0. The van der Waals surface area contributed by atoms with Gasteiger partial charge in [0.1, 0.15) is 0 Å². The van der Waals surface area contributed by atoms with Crippen LogP contribution >= 0.6 is 0 Å². The molecule has 0 radical (unpaired) electrons. The summed E-state index contributed by atoms with van der Waals surface area (Å²) in [6.07, 6.45) is 3.11. The normalized spacial score (nSPS) is 15.2. The summed E-state index contributed by atoms with van der Waals surface area (Å²) in [5, 5.41) is 12.5. The number of primary amides is 1. The van der Waals surface area contributed by atoms with Crippen LogP contribution in [0.1, 0.15) is 23.3 Å². The first kappa shape index (κ1) is 21.2. The molecule has 1 fully saturated rings. The highest BCUT2D eigenvalue weighted by molar-refractivity contribution is 7.90. The molecule has 2 heterocycles. The fourth-order valence-corrected chi connectivity index (χ4v) is 4.70. The second-order valence-electron chi connectivity index (χ2n) is 7.88. The van der Waals surface area contributed by atoms with E-state index in [0.717, 1.165) is 42.4 Å². The number of hydrogen-bond acceptors (Lipinski definition) is 7. The van der Waals surface area contributed by atoms with Crippen molar-refractivity contribution in [3.8, 4) is 11.1 Å². The van der Waals surface area contributed by atoms with E-state index in [4.69, 9.17) is 5.73 Å². The quantitative estimate of drug-likeness (QED) is 0.624. The van der Waals surface area contributed by atoms with Gasteiger partial charge in [0.2, 0.25) is 0 Å². The van der Waals surface area contributed by atoms with Crippen molar-refractivity contribution in [2.24, 2.45) is 5.73 Å². The number of nitrogens with one attached hydrogen (secondary N) is 1. The number of rotatable bonds is 5. The number of carbonyl (C=O) groups is 1. The largest absolute Gasteiger partial charge is 0.369 e. The van der Waals surface area contributed by atoms with Crippen molar-refractivity contribution in [1.29, 1.82) is 0 Å². The number of nitrogens with two attached hydrogens (primary N) is 1. The number of benzene rings is 2. The highest BCUT2D eigenvalue weighted by Gasteiger charge is 2.25. The van der Waals surface area contributed by atoms with Crippen LogP contribution in [0.5, 0.6) is 0 Å². The van der Waals surface area contributed by atoms with Crippen molar-refractivity contribution < 1.29 is 13.2 Å². The smallest absolute Gasteiger partial charge is 0.271 e. The summed E-state index contributed by atoms with van der Waals surface area (Å²) in [5.41, 5.74) is 8.86. The van der Waals surface area contributed by atoms with Gasteiger partial charge in [0.15, 0.2) is 15.5 Å². The zero-order valence-corrected chi connectivity index (χ0v) is 18.3. The topological polar surface area (TPSA) is 118 Å². The van der Waals surface area contributed by atoms with Crippen molar-refractivity contribution in [3.63, 3.8) is 0 Å². The number of sulfone groups is 1. The molecule has 1 aliphatic rings. The zero-order valence-electron chi connectivity index (χ0n) is 17.5. The van der Waals surface area contributed by atoms with E-state index >= 15 is 0 Å². The number of amides is 1. The lowest BCUT2D eigenvalue weighted by molar-refractivity contribution is 0.0995. The van der Waals surface area contributed by atoms with E-state index in [9.17, 15) is 13.2 Å². The Labute approximate surface area is 181 Å². The molecule has 1 amide bonds. The van der Waals surface area contributed by atoms with Crippen LogP contribution < -0.4 is 16.0 Å². The second kappa shape index (κ2) is 8.24. The van der Waals surface area contributed by atoms with Gasteiger partial charge in [-0.15, -0.1) is 10.2 Å². The second-order valence-corrected chi connectivity index (χ2v) is 9.90. The molecule has 0 atom stereocenters. The van der Waals surface area contributed by atoms with E-state index in [0.29, 0.717) is 11.2 Å². The monoisotopic (exact) mass is 439 g/mol. The van der Waals surface area contributed by atoms with E-state index in [-0.39, 0.29) is 16.6 Å². The summed E-state index contributed by atoms with van der Waals surface area (Å²) in [7, 11) is -1.28. The highest BCUT2D eigenvalue weighted by Crippen LogP contribution is 2.33. The third-order valence-corrected chi connectivity index (χ3v) is 6.92. The van der Waals surface area contributed by atoms with Crippen LogP contribution in [0.4, 0.5) is 5.69 Å². The molecule has 31 heavy (non-hydrogen) atoms. The Morgan fingerprint density at radius 1 is 1.06 bits per heavy atom. The van der Waals surface area contributed by atoms with E-state index < -0.39 is 15.7 Å². The van der Waals surface area contributed by atoms with Crippen molar-refractivity contribution in [2.75, 3.05) is 31.3 Å².